The van der Waals surface area contributed by atoms with Gasteiger partial charge in [0.2, 0.25) is 0 Å². The molecule has 3 aromatic carbocycles. The maximum atomic E-state index is 12.7. The zero-order valence-corrected chi connectivity index (χ0v) is 17.0. The molecular formula is C19H11Cl3N2O3S. The maximum Gasteiger partial charge on any atom is 0.337 e. The van der Waals surface area contributed by atoms with Crippen molar-refractivity contribution < 1.29 is 14.7 Å². The number of hydrogen-bond donors (Lipinski definition) is 3. The van der Waals surface area contributed by atoms with E-state index in [1.807, 2.05) is 6.07 Å². The molecule has 5 nitrogen and oxygen atoms in total. The number of halogens is 3. The van der Waals surface area contributed by atoms with Gasteiger partial charge in [0.1, 0.15) is 0 Å². The molecule has 0 heterocycles. The van der Waals surface area contributed by atoms with Crippen LogP contribution in [0.5, 0.6) is 0 Å². The van der Waals surface area contributed by atoms with Crippen LogP contribution in [0.2, 0.25) is 15.1 Å². The third kappa shape index (κ3) is 4.20. The lowest BCUT2D eigenvalue weighted by Crippen LogP contribution is -2.34. The molecular weight excluding hydrogens is 443 g/mol. The summed E-state index contributed by atoms with van der Waals surface area (Å²) >= 11 is 23.3. The van der Waals surface area contributed by atoms with E-state index in [9.17, 15) is 9.59 Å². The quantitative estimate of drug-likeness (QED) is 0.448. The molecule has 0 unspecified atom stereocenters. The summed E-state index contributed by atoms with van der Waals surface area (Å²) in [6.07, 6.45) is 0. The van der Waals surface area contributed by atoms with Gasteiger partial charge in [0, 0.05) is 16.0 Å². The van der Waals surface area contributed by atoms with Gasteiger partial charge in [0.05, 0.1) is 21.3 Å². The van der Waals surface area contributed by atoms with Gasteiger partial charge in [-0.2, -0.15) is 0 Å². The van der Waals surface area contributed by atoms with E-state index in [1.165, 1.54) is 12.1 Å². The summed E-state index contributed by atoms with van der Waals surface area (Å²) in [6, 6.07) is 13.0. The smallest absolute Gasteiger partial charge is 0.337 e. The SMILES string of the molecule is O=C(O)c1cc(NC(=S)NC(=O)c2cccc3c(Cl)cccc23)c(Cl)cc1Cl. The lowest BCUT2D eigenvalue weighted by Gasteiger charge is -2.13. The monoisotopic (exact) mass is 452 g/mol. The molecule has 3 N–H and O–H groups in total. The van der Waals surface area contributed by atoms with Crippen LogP contribution in [0.3, 0.4) is 0 Å². The molecule has 0 aromatic heterocycles. The Bertz CT molecular complexity index is 1130. The molecule has 142 valence electrons. The van der Waals surface area contributed by atoms with Crippen LogP contribution < -0.4 is 10.6 Å². The summed E-state index contributed by atoms with van der Waals surface area (Å²) in [4.78, 5) is 23.9. The Labute approximate surface area is 180 Å². The summed E-state index contributed by atoms with van der Waals surface area (Å²) in [6.45, 7) is 0. The Hall–Kier alpha value is -2.38. The third-order valence-electron chi connectivity index (χ3n) is 3.88. The lowest BCUT2D eigenvalue weighted by molar-refractivity contribution is 0.0697. The number of hydrogen-bond acceptors (Lipinski definition) is 3. The minimum atomic E-state index is -1.22. The fraction of sp³-hybridized carbons (Fsp3) is 0. The van der Waals surface area contributed by atoms with Crippen molar-refractivity contribution in [3.63, 3.8) is 0 Å². The highest BCUT2D eigenvalue weighted by molar-refractivity contribution is 7.80. The van der Waals surface area contributed by atoms with Crippen LogP contribution in [0.25, 0.3) is 10.8 Å². The van der Waals surface area contributed by atoms with Gasteiger partial charge in [0.15, 0.2) is 5.11 Å². The number of carboxylic acids is 1. The number of carboxylic acid groups (broad SMARTS) is 1. The molecule has 3 rings (SSSR count). The van der Waals surface area contributed by atoms with E-state index in [4.69, 9.17) is 52.1 Å². The molecule has 1 amide bonds. The van der Waals surface area contributed by atoms with Gasteiger partial charge in [-0.3, -0.25) is 10.1 Å². The number of thiocarbonyl (C=S) groups is 1. The maximum absolute atomic E-state index is 12.7. The molecule has 0 aliphatic heterocycles. The molecule has 28 heavy (non-hydrogen) atoms. The van der Waals surface area contributed by atoms with Gasteiger partial charge in [-0.15, -0.1) is 0 Å². The number of rotatable bonds is 3. The van der Waals surface area contributed by atoms with Gasteiger partial charge in [-0.25, -0.2) is 4.79 Å². The summed E-state index contributed by atoms with van der Waals surface area (Å²) in [5.41, 5.74) is 0.443. The number of benzene rings is 3. The van der Waals surface area contributed by atoms with Crippen molar-refractivity contribution in [3.8, 4) is 0 Å². The highest BCUT2D eigenvalue weighted by Gasteiger charge is 2.16. The second-order valence-electron chi connectivity index (χ2n) is 5.67. The van der Waals surface area contributed by atoms with Crippen LogP contribution >= 0.6 is 47.0 Å². The Morgan fingerprint density at radius 2 is 1.54 bits per heavy atom. The number of anilines is 1. The van der Waals surface area contributed by atoms with E-state index in [-0.39, 0.29) is 26.4 Å². The Morgan fingerprint density at radius 3 is 2.25 bits per heavy atom. The first-order valence-corrected chi connectivity index (χ1v) is 9.34. The van der Waals surface area contributed by atoms with Gasteiger partial charge < -0.3 is 10.4 Å². The van der Waals surface area contributed by atoms with E-state index in [2.05, 4.69) is 10.6 Å². The predicted molar refractivity (Wildman–Crippen MR) is 116 cm³/mol. The number of carbonyl (C=O) groups is 2. The molecule has 0 saturated carbocycles. The highest BCUT2D eigenvalue weighted by Crippen LogP contribution is 2.29. The second kappa shape index (κ2) is 8.32. The predicted octanol–water partition coefficient (Wildman–Crippen LogP) is 5.63. The first-order chi connectivity index (χ1) is 13.3. The molecule has 0 radical (unpaired) electrons. The average molecular weight is 454 g/mol. The topological polar surface area (TPSA) is 78.4 Å². The van der Waals surface area contributed by atoms with E-state index in [1.54, 1.807) is 30.3 Å². The average Bonchev–Trinajstić information content (AvgIpc) is 2.63. The first kappa shape index (κ1) is 20.4. The van der Waals surface area contributed by atoms with E-state index < -0.39 is 11.9 Å². The number of carbonyl (C=O) groups excluding carboxylic acids is 1. The Balaban J connectivity index is 1.83. The van der Waals surface area contributed by atoms with E-state index in [0.717, 1.165) is 5.39 Å². The number of fused-ring (bicyclic) bond motifs is 1. The Morgan fingerprint density at radius 1 is 0.857 bits per heavy atom. The van der Waals surface area contributed by atoms with Crippen molar-refractivity contribution >= 4 is 80.5 Å². The molecule has 0 aliphatic rings. The zero-order chi connectivity index (χ0) is 20.4. The molecule has 9 heteroatoms. The number of amides is 1. The summed E-state index contributed by atoms with van der Waals surface area (Å²) in [7, 11) is 0. The molecule has 0 aliphatic carbocycles. The van der Waals surface area contributed by atoms with E-state index in [0.29, 0.717) is 16.0 Å². The largest absolute Gasteiger partial charge is 0.478 e. The van der Waals surface area contributed by atoms with Crippen LogP contribution in [-0.4, -0.2) is 22.1 Å². The standard InChI is InChI=1S/C19H11Cl3N2O3S/c20-13-6-2-3-9-10(13)4-1-5-11(9)17(25)24-19(28)23-16-7-12(18(26)27)14(21)8-15(16)22/h1-8H,(H,26,27)(H2,23,24,25,28). The number of aromatic carboxylic acids is 1. The van der Waals surface area contributed by atoms with Crippen LogP contribution in [0.4, 0.5) is 5.69 Å². The molecule has 0 bridgehead atoms. The second-order valence-corrected chi connectivity index (χ2v) is 7.30. The van der Waals surface area contributed by atoms with Crippen molar-refractivity contribution in [3.05, 3.63) is 74.7 Å². The lowest BCUT2D eigenvalue weighted by atomic mass is 10.0. The minimum absolute atomic E-state index is 0.00867. The zero-order valence-electron chi connectivity index (χ0n) is 13.9. The fourth-order valence-electron chi connectivity index (χ4n) is 2.60. The molecule has 0 atom stereocenters. The first-order valence-electron chi connectivity index (χ1n) is 7.80. The van der Waals surface area contributed by atoms with Crippen LogP contribution in [0.15, 0.2) is 48.5 Å². The minimum Gasteiger partial charge on any atom is -0.478 e. The molecule has 0 spiro atoms. The van der Waals surface area contributed by atoms with Gasteiger partial charge >= 0.3 is 5.97 Å². The molecule has 0 saturated heterocycles. The van der Waals surface area contributed by atoms with Crippen molar-refractivity contribution in [2.45, 2.75) is 0 Å². The van der Waals surface area contributed by atoms with Crippen LogP contribution in [0, 0.1) is 0 Å². The van der Waals surface area contributed by atoms with Crippen LogP contribution in [-0.2, 0) is 0 Å². The van der Waals surface area contributed by atoms with Crippen molar-refractivity contribution in [2.75, 3.05) is 5.32 Å². The van der Waals surface area contributed by atoms with Gasteiger partial charge in [-0.05, 0) is 41.9 Å². The van der Waals surface area contributed by atoms with Crippen molar-refractivity contribution in [2.24, 2.45) is 0 Å². The van der Waals surface area contributed by atoms with Crippen molar-refractivity contribution in [1.82, 2.24) is 5.32 Å². The molecule has 0 fully saturated rings. The van der Waals surface area contributed by atoms with Gasteiger partial charge in [0.25, 0.3) is 5.91 Å². The normalized spacial score (nSPS) is 10.5. The highest BCUT2D eigenvalue weighted by atomic mass is 35.5. The fourth-order valence-corrected chi connectivity index (χ4v) is 3.55. The van der Waals surface area contributed by atoms with E-state index >= 15 is 0 Å². The van der Waals surface area contributed by atoms with Crippen LogP contribution in [0.1, 0.15) is 20.7 Å². The third-order valence-corrected chi connectivity index (χ3v) is 5.04. The summed E-state index contributed by atoms with van der Waals surface area (Å²) in [5, 5.41) is 16.5. The summed E-state index contributed by atoms with van der Waals surface area (Å²) < 4.78 is 0. The van der Waals surface area contributed by atoms with Gasteiger partial charge in [-0.1, -0.05) is 59.1 Å². The number of nitrogens with one attached hydrogen (secondary N) is 2. The Kier molecular flexibility index (Phi) is 6.05. The molecule has 3 aromatic rings. The summed E-state index contributed by atoms with van der Waals surface area (Å²) in [5.74, 6) is -1.67. The van der Waals surface area contributed by atoms with Crippen molar-refractivity contribution in [1.29, 1.82) is 0 Å².